The molecular formula is C23H28BrN3O4. The molecule has 2 aromatic rings. The van der Waals surface area contributed by atoms with E-state index in [1.807, 2.05) is 42.5 Å². The van der Waals surface area contributed by atoms with Crippen molar-refractivity contribution in [2.24, 2.45) is 0 Å². The van der Waals surface area contributed by atoms with Crippen molar-refractivity contribution in [3.05, 3.63) is 64.1 Å². The SMILES string of the molecule is CC(C)(C)c1ccc(OCC(=O)NNC(=O)CCC(=O)NCc2ccccc2)c(Br)c1. The molecule has 0 aromatic heterocycles. The normalized spacial score (nSPS) is 10.8. The second-order valence-corrected chi connectivity index (χ2v) is 8.90. The maximum atomic E-state index is 11.9. The number of halogens is 1. The van der Waals surface area contributed by atoms with Crippen LogP contribution in [-0.2, 0) is 26.3 Å². The zero-order valence-corrected chi connectivity index (χ0v) is 19.5. The molecule has 166 valence electrons. The Bertz CT molecular complexity index is 911. The number of benzene rings is 2. The number of ether oxygens (including phenoxy) is 1. The van der Waals surface area contributed by atoms with Gasteiger partial charge in [0, 0.05) is 19.4 Å². The highest BCUT2D eigenvalue weighted by molar-refractivity contribution is 9.10. The maximum Gasteiger partial charge on any atom is 0.276 e. The fourth-order valence-corrected chi connectivity index (χ4v) is 3.07. The molecule has 0 atom stereocenters. The molecule has 7 nitrogen and oxygen atoms in total. The third-order valence-corrected chi connectivity index (χ3v) is 5.03. The van der Waals surface area contributed by atoms with E-state index in [1.54, 1.807) is 6.07 Å². The molecule has 0 aliphatic rings. The molecule has 3 N–H and O–H groups in total. The molecule has 0 unspecified atom stereocenters. The van der Waals surface area contributed by atoms with Crippen molar-refractivity contribution in [3.63, 3.8) is 0 Å². The third-order valence-electron chi connectivity index (χ3n) is 4.41. The molecule has 3 amide bonds. The van der Waals surface area contributed by atoms with E-state index < -0.39 is 11.8 Å². The Kier molecular flexibility index (Phi) is 9.05. The van der Waals surface area contributed by atoms with E-state index in [0.29, 0.717) is 12.3 Å². The van der Waals surface area contributed by atoms with E-state index in [0.717, 1.165) is 15.6 Å². The minimum absolute atomic E-state index is 0.00115. The van der Waals surface area contributed by atoms with E-state index in [4.69, 9.17) is 4.74 Å². The Hall–Kier alpha value is -2.87. The van der Waals surface area contributed by atoms with Crippen molar-refractivity contribution in [2.45, 2.75) is 45.6 Å². The summed E-state index contributed by atoms with van der Waals surface area (Å²) in [5.74, 6) is -0.672. The maximum absolute atomic E-state index is 11.9. The zero-order chi connectivity index (χ0) is 22.9. The lowest BCUT2D eigenvalue weighted by atomic mass is 9.87. The Morgan fingerprint density at radius 1 is 0.903 bits per heavy atom. The molecule has 2 rings (SSSR count). The van der Waals surface area contributed by atoms with Crippen LogP contribution in [0.25, 0.3) is 0 Å². The number of hydrogen-bond acceptors (Lipinski definition) is 4. The third kappa shape index (κ3) is 8.80. The van der Waals surface area contributed by atoms with Gasteiger partial charge in [0.15, 0.2) is 6.61 Å². The molecule has 0 bridgehead atoms. The summed E-state index contributed by atoms with van der Waals surface area (Å²) in [5.41, 5.74) is 6.68. The Morgan fingerprint density at radius 2 is 1.55 bits per heavy atom. The van der Waals surface area contributed by atoms with Crippen molar-refractivity contribution in [1.82, 2.24) is 16.2 Å². The summed E-state index contributed by atoms with van der Waals surface area (Å²) in [4.78, 5) is 35.6. The second-order valence-electron chi connectivity index (χ2n) is 8.04. The molecule has 0 aliphatic carbocycles. The van der Waals surface area contributed by atoms with Crippen molar-refractivity contribution in [2.75, 3.05) is 6.61 Å². The van der Waals surface area contributed by atoms with Crippen LogP contribution in [0, 0.1) is 0 Å². The Balaban J connectivity index is 1.65. The fourth-order valence-electron chi connectivity index (χ4n) is 2.58. The first-order valence-corrected chi connectivity index (χ1v) is 10.8. The van der Waals surface area contributed by atoms with Gasteiger partial charge in [0.2, 0.25) is 11.8 Å². The lowest BCUT2D eigenvalue weighted by Crippen LogP contribution is -2.44. The van der Waals surface area contributed by atoms with Crippen molar-refractivity contribution < 1.29 is 19.1 Å². The predicted octanol–water partition coefficient (Wildman–Crippen LogP) is 3.37. The van der Waals surface area contributed by atoms with Gasteiger partial charge in [0.1, 0.15) is 5.75 Å². The van der Waals surface area contributed by atoms with Crippen molar-refractivity contribution >= 4 is 33.7 Å². The highest BCUT2D eigenvalue weighted by Gasteiger charge is 2.16. The lowest BCUT2D eigenvalue weighted by molar-refractivity contribution is -0.131. The number of carbonyl (C=O) groups is 3. The monoisotopic (exact) mass is 489 g/mol. The zero-order valence-electron chi connectivity index (χ0n) is 18.0. The Labute approximate surface area is 191 Å². The fraction of sp³-hybridized carbons (Fsp3) is 0.348. The summed E-state index contributed by atoms with van der Waals surface area (Å²) in [7, 11) is 0. The smallest absolute Gasteiger partial charge is 0.276 e. The predicted molar refractivity (Wildman–Crippen MR) is 122 cm³/mol. The molecule has 0 radical (unpaired) electrons. The van der Waals surface area contributed by atoms with Gasteiger partial charge in [-0.15, -0.1) is 0 Å². The van der Waals surface area contributed by atoms with Crippen LogP contribution in [0.3, 0.4) is 0 Å². The van der Waals surface area contributed by atoms with Gasteiger partial charge in [-0.25, -0.2) is 0 Å². The highest BCUT2D eigenvalue weighted by Crippen LogP contribution is 2.31. The molecule has 0 aliphatic heterocycles. The summed E-state index contributed by atoms with van der Waals surface area (Å²) < 4.78 is 6.24. The molecule has 31 heavy (non-hydrogen) atoms. The molecule has 0 saturated carbocycles. The van der Waals surface area contributed by atoms with E-state index in [1.165, 1.54) is 0 Å². The average Bonchev–Trinajstić information content (AvgIpc) is 2.74. The summed E-state index contributed by atoms with van der Waals surface area (Å²) >= 11 is 3.45. The number of rotatable bonds is 8. The molecule has 0 heterocycles. The minimum Gasteiger partial charge on any atom is -0.483 e. The van der Waals surface area contributed by atoms with Gasteiger partial charge in [-0.2, -0.15) is 0 Å². The van der Waals surface area contributed by atoms with Crippen LogP contribution in [0.2, 0.25) is 0 Å². The van der Waals surface area contributed by atoms with Gasteiger partial charge in [0.25, 0.3) is 5.91 Å². The first kappa shape index (κ1) is 24.4. The number of amides is 3. The van der Waals surface area contributed by atoms with E-state index in [-0.39, 0.29) is 30.8 Å². The van der Waals surface area contributed by atoms with E-state index in [9.17, 15) is 14.4 Å². The Morgan fingerprint density at radius 3 is 2.19 bits per heavy atom. The summed E-state index contributed by atoms with van der Waals surface area (Å²) in [6, 6.07) is 15.2. The first-order valence-electron chi connectivity index (χ1n) is 9.96. The first-order chi connectivity index (χ1) is 14.6. The van der Waals surface area contributed by atoms with Gasteiger partial charge >= 0.3 is 0 Å². The summed E-state index contributed by atoms with van der Waals surface area (Å²) in [6.45, 7) is 6.47. The highest BCUT2D eigenvalue weighted by atomic mass is 79.9. The van der Waals surface area contributed by atoms with Gasteiger partial charge in [-0.1, -0.05) is 57.2 Å². The van der Waals surface area contributed by atoms with Gasteiger partial charge in [-0.3, -0.25) is 25.2 Å². The van der Waals surface area contributed by atoms with Gasteiger partial charge in [0.05, 0.1) is 4.47 Å². The van der Waals surface area contributed by atoms with Crippen LogP contribution in [0.5, 0.6) is 5.75 Å². The number of hydrazine groups is 1. The largest absolute Gasteiger partial charge is 0.483 e. The standard InChI is InChI=1S/C23H28BrN3O4/c1-23(2,3)17-9-10-19(18(24)13-17)31-15-22(30)27-26-21(29)12-11-20(28)25-14-16-7-5-4-6-8-16/h4-10,13H,11-12,14-15H2,1-3H3,(H,25,28)(H,26,29)(H,27,30). The number of nitrogens with one attached hydrogen (secondary N) is 3. The van der Waals surface area contributed by atoms with Crippen LogP contribution in [0.15, 0.2) is 53.0 Å². The van der Waals surface area contributed by atoms with Crippen LogP contribution >= 0.6 is 15.9 Å². The topological polar surface area (TPSA) is 96.5 Å². The summed E-state index contributed by atoms with van der Waals surface area (Å²) in [5, 5.41) is 2.75. The molecule has 0 spiro atoms. The van der Waals surface area contributed by atoms with Crippen LogP contribution in [0.4, 0.5) is 0 Å². The lowest BCUT2D eigenvalue weighted by Gasteiger charge is -2.20. The minimum atomic E-state index is -0.506. The summed E-state index contributed by atoms with van der Waals surface area (Å²) in [6.07, 6.45) is -0.0142. The van der Waals surface area contributed by atoms with Gasteiger partial charge in [-0.05, 0) is 44.6 Å². The molecule has 8 heteroatoms. The molecule has 0 fully saturated rings. The van der Waals surface area contributed by atoms with Crippen molar-refractivity contribution in [3.8, 4) is 5.75 Å². The van der Waals surface area contributed by atoms with Crippen LogP contribution in [-0.4, -0.2) is 24.3 Å². The molecule has 0 saturated heterocycles. The second kappa shape index (κ2) is 11.5. The van der Waals surface area contributed by atoms with E-state index in [2.05, 4.69) is 52.9 Å². The van der Waals surface area contributed by atoms with Crippen LogP contribution < -0.4 is 20.9 Å². The molecule has 2 aromatic carbocycles. The average molecular weight is 490 g/mol. The number of hydrogen-bond donors (Lipinski definition) is 3. The quantitative estimate of drug-likeness (QED) is 0.495. The molecular weight excluding hydrogens is 462 g/mol. The number of carbonyl (C=O) groups excluding carboxylic acids is 3. The van der Waals surface area contributed by atoms with Crippen molar-refractivity contribution in [1.29, 1.82) is 0 Å². The van der Waals surface area contributed by atoms with Gasteiger partial charge < -0.3 is 10.1 Å². The van der Waals surface area contributed by atoms with Crippen LogP contribution in [0.1, 0.15) is 44.7 Å². The van der Waals surface area contributed by atoms with E-state index >= 15 is 0 Å².